The van der Waals surface area contributed by atoms with E-state index < -0.39 is 40.9 Å². The fourth-order valence-electron chi connectivity index (χ4n) is 5.05. The zero-order chi connectivity index (χ0) is 28.9. The Labute approximate surface area is 225 Å². The monoisotopic (exact) mass is 559 g/mol. The molecule has 0 atom stereocenters. The van der Waals surface area contributed by atoms with Crippen molar-refractivity contribution in [3.63, 3.8) is 0 Å². The number of fused-ring (bicyclic) bond motifs is 1. The van der Waals surface area contributed by atoms with E-state index in [1.165, 1.54) is 9.58 Å². The molecule has 0 bridgehead atoms. The number of halogens is 6. The van der Waals surface area contributed by atoms with Crippen molar-refractivity contribution in [3.05, 3.63) is 93.9 Å². The van der Waals surface area contributed by atoms with E-state index in [0.717, 1.165) is 35.4 Å². The van der Waals surface area contributed by atoms with Crippen molar-refractivity contribution in [2.45, 2.75) is 33.0 Å². The van der Waals surface area contributed by atoms with Crippen molar-refractivity contribution in [1.29, 1.82) is 0 Å². The van der Waals surface area contributed by atoms with Gasteiger partial charge in [-0.25, -0.2) is 22.6 Å². The number of carbonyl (C=O) groups excluding carboxylic acids is 1. The summed E-state index contributed by atoms with van der Waals surface area (Å²) in [7, 11) is 0. The number of anilines is 2. The number of nitrogens with one attached hydrogen (secondary N) is 1. The Morgan fingerprint density at radius 3 is 2.33 bits per heavy atom. The molecule has 0 fully saturated rings. The third-order valence-corrected chi connectivity index (χ3v) is 6.87. The van der Waals surface area contributed by atoms with Gasteiger partial charge in [-0.1, -0.05) is 18.2 Å². The molecule has 2 heterocycles. The van der Waals surface area contributed by atoms with Gasteiger partial charge in [-0.2, -0.15) is 18.3 Å². The Morgan fingerprint density at radius 2 is 1.68 bits per heavy atom. The number of hydrogen-bond acceptors (Lipinski definition) is 3. The summed E-state index contributed by atoms with van der Waals surface area (Å²) in [5, 5.41) is 6.73. The van der Waals surface area contributed by atoms with Gasteiger partial charge in [0.25, 0.3) is 0 Å². The lowest BCUT2D eigenvalue weighted by atomic mass is 9.98. The second kappa shape index (κ2) is 9.92. The second-order valence-electron chi connectivity index (χ2n) is 9.56. The Morgan fingerprint density at radius 1 is 0.975 bits per heavy atom. The summed E-state index contributed by atoms with van der Waals surface area (Å²) in [6.45, 7) is 3.69. The van der Waals surface area contributed by atoms with Crippen LogP contribution >= 0.6 is 0 Å². The predicted octanol–water partition coefficient (Wildman–Crippen LogP) is 6.65. The molecule has 208 valence electrons. The lowest BCUT2D eigenvalue weighted by Crippen LogP contribution is -2.31. The molecular weight excluding hydrogens is 536 g/mol. The second-order valence-corrected chi connectivity index (χ2v) is 9.56. The molecule has 3 aromatic carbocycles. The van der Waals surface area contributed by atoms with Crippen molar-refractivity contribution in [3.8, 4) is 16.9 Å². The average Bonchev–Trinajstić information content (AvgIpc) is 3.23. The molecule has 2 amide bonds. The van der Waals surface area contributed by atoms with Crippen molar-refractivity contribution in [2.24, 2.45) is 5.73 Å². The highest BCUT2D eigenvalue weighted by Crippen LogP contribution is 2.40. The van der Waals surface area contributed by atoms with E-state index in [4.69, 9.17) is 10.8 Å². The van der Waals surface area contributed by atoms with Crippen LogP contribution in [0.2, 0.25) is 0 Å². The number of urea groups is 1. The van der Waals surface area contributed by atoms with Crippen LogP contribution in [0.5, 0.6) is 0 Å². The molecule has 0 spiro atoms. The van der Waals surface area contributed by atoms with Gasteiger partial charge < -0.3 is 16.0 Å². The van der Waals surface area contributed by atoms with Gasteiger partial charge in [0.05, 0.1) is 34.0 Å². The van der Waals surface area contributed by atoms with Crippen LogP contribution in [-0.2, 0) is 19.1 Å². The summed E-state index contributed by atoms with van der Waals surface area (Å²) < 4.78 is 87.1. The summed E-state index contributed by atoms with van der Waals surface area (Å²) in [5.74, 6) is -2.71. The van der Waals surface area contributed by atoms with Gasteiger partial charge in [-0.05, 0) is 49.2 Å². The first kappa shape index (κ1) is 27.1. The molecule has 12 heteroatoms. The highest BCUT2D eigenvalue weighted by Gasteiger charge is 2.34. The minimum Gasteiger partial charge on any atom is -0.364 e. The first-order valence-electron chi connectivity index (χ1n) is 12.2. The molecule has 0 unspecified atom stereocenters. The van der Waals surface area contributed by atoms with Crippen molar-refractivity contribution in [1.82, 2.24) is 9.78 Å². The van der Waals surface area contributed by atoms with Crippen LogP contribution in [0.25, 0.3) is 16.9 Å². The largest absolute Gasteiger partial charge is 0.416 e. The molecule has 0 saturated heterocycles. The highest BCUT2D eigenvalue weighted by molar-refractivity contribution is 5.88. The summed E-state index contributed by atoms with van der Waals surface area (Å²) in [5.41, 5.74) is 6.39. The van der Waals surface area contributed by atoms with E-state index in [-0.39, 0.29) is 36.5 Å². The number of alkyl halides is 3. The number of aromatic nitrogens is 2. The normalized spacial score (nSPS) is 13.3. The zero-order valence-electron chi connectivity index (χ0n) is 21.3. The third kappa shape index (κ3) is 4.85. The van der Waals surface area contributed by atoms with E-state index in [0.29, 0.717) is 23.0 Å². The number of nitrogens with two attached hydrogens (primary N) is 1. The number of rotatable bonds is 4. The number of hydrogen-bond donors (Lipinski definition) is 2. The number of carbonyl (C=O) groups is 1. The molecule has 3 N–H and O–H groups in total. The number of benzene rings is 3. The molecule has 0 radical (unpaired) electrons. The summed E-state index contributed by atoms with van der Waals surface area (Å²) >= 11 is 0. The number of primary amides is 1. The molecule has 1 aliphatic rings. The minimum atomic E-state index is -4.68. The summed E-state index contributed by atoms with van der Waals surface area (Å²) in [6, 6.07) is 8.25. The van der Waals surface area contributed by atoms with Crippen LogP contribution < -0.4 is 16.0 Å². The van der Waals surface area contributed by atoms with Gasteiger partial charge in [0.1, 0.15) is 17.5 Å². The van der Waals surface area contributed by atoms with E-state index in [1.807, 2.05) is 37.4 Å². The fourth-order valence-corrected chi connectivity index (χ4v) is 5.05. The predicted molar refractivity (Wildman–Crippen MR) is 138 cm³/mol. The van der Waals surface area contributed by atoms with Gasteiger partial charge >= 0.3 is 12.2 Å². The van der Waals surface area contributed by atoms with Gasteiger partial charge in [-0.15, -0.1) is 0 Å². The lowest BCUT2D eigenvalue weighted by Gasteiger charge is -2.30. The molecule has 5 rings (SSSR count). The number of para-hydroxylation sites is 1. The Kier molecular flexibility index (Phi) is 6.72. The van der Waals surface area contributed by atoms with Crippen molar-refractivity contribution in [2.75, 3.05) is 16.8 Å². The molecule has 6 nitrogen and oxygen atoms in total. The van der Waals surface area contributed by atoms with Crippen LogP contribution in [0, 0.1) is 31.3 Å². The lowest BCUT2D eigenvalue weighted by molar-refractivity contribution is -0.137. The maximum absolute atomic E-state index is 15.6. The van der Waals surface area contributed by atoms with Crippen molar-refractivity contribution < 1.29 is 31.1 Å². The first-order chi connectivity index (χ1) is 18.8. The quantitative estimate of drug-likeness (QED) is 0.275. The SMILES string of the molecule is Cc1cccc(C)c1-n1nc2c(c1-c1cc(F)c(NC(N)=O)cc1F)CN(c1cc(C(F)(F)F)ccc1F)CC2. The van der Waals surface area contributed by atoms with E-state index in [9.17, 15) is 22.4 Å². The van der Waals surface area contributed by atoms with Crippen LogP contribution in [-0.4, -0.2) is 22.4 Å². The Bertz CT molecular complexity index is 1630. The molecule has 0 aliphatic carbocycles. The number of aryl methyl sites for hydroxylation is 2. The summed E-state index contributed by atoms with van der Waals surface area (Å²) in [4.78, 5) is 12.7. The van der Waals surface area contributed by atoms with Crippen LogP contribution in [0.3, 0.4) is 0 Å². The summed E-state index contributed by atoms with van der Waals surface area (Å²) in [6.07, 6.45) is -4.47. The van der Waals surface area contributed by atoms with Gasteiger partial charge in [0.15, 0.2) is 0 Å². The maximum Gasteiger partial charge on any atom is 0.416 e. The molecule has 0 saturated carbocycles. The van der Waals surface area contributed by atoms with E-state index in [1.54, 1.807) is 0 Å². The van der Waals surface area contributed by atoms with Crippen LogP contribution in [0.1, 0.15) is 27.9 Å². The molecule has 40 heavy (non-hydrogen) atoms. The highest BCUT2D eigenvalue weighted by atomic mass is 19.4. The number of amides is 2. The smallest absolute Gasteiger partial charge is 0.364 e. The average molecular weight is 560 g/mol. The molecular formula is C28H23F6N5O. The van der Waals surface area contributed by atoms with E-state index >= 15 is 8.78 Å². The molecule has 1 aromatic heterocycles. The molecule has 1 aliphatic heterocycles. The van der Waals surface area contributed by atoms with Gasteiger partial charge in [0.2, 0.25) is 0 Å². The Balaban J connectivity index is 1.71. The van der Waals surface area contributed by atoms with Crippen molar-refractivity contribution >= 4 is 17.4 Å². The van der Waals surface area contributed by atoms with Gasteiger partial charge in [-0.3, -0.25) is 0 Å². The fraction of sp³-hybridized carbons (Fsp3) is 0.214. The van der Waals surface area contributed by atoms with Crippen LogP contribution in [0.15, 0.2) is 48.5 Å². The minimum absolute atomic E-state index is 0.115. The Hall–Kier alpha value is -4.48. The maximum atomic E-state index is 15.6. The zero-order valence-corrected chi connectivity index (χ0v) is 21.3. The first-order valence-corrected chi connectivity index (χ1v) is 12.2. The standard InChI is InChI=1S/C28H23F6N5O/c1-14-4-3-5-15(2)25(14)39-26(17-11-21(31)23(12-20(17)30)36-27(35)40)18-13-38(9-8-22(18)37-39)24-10-16(28(32,33)34)6-7-19(24)29/h3-7,10-12H,8-9,13H2,1-2H3,(H3,35,36,40). The van der Waals surface area contributed by atoms with Crippen LogP contribution in [0.4, 0.5) is 42.5 Å². The topological polar surface area (TPSA) is 76.2 Å². The van der Waals surface area contributed by atoms with E-state index in [2.05, 4.69) is 0 Å². The van der Waals surface area contributed by atoms with Gasteiger partial charge in [0, 0.05) is 36.7 Å². The molecule has 4 aromatic rings. The number of nitrogens with zero attached hydrogens (tertiary/aromatic N) is 3. The third-order valence-electron chi connectivity index (χ3n) is 6.87.